The molecule has 1 heterocycles. The van der Waals surface area contributed by atoms with Gasteiger partial charge in [-0.2, -0.15) is 0 Å². The minimum absolute atomic E-state index is 0.248. The zero-order valence-corrected chi connectivity index (χ0v) is 8.63. The van der Waals surface area contributed by atoms with Crippen LogP contribution in [0.4, 0.5) is 15.8 Å². The van der Waals surface area contributed by atoms with Crippen molar-refractivity contribution >= 4 is 22.3 Å². The highest BCUT2D eigenvalue weighted by Crippen LogP contribution is 2.28. The summed E-state index contributed by atoms with van der Waals surface area (Å²) < 4.78 is 13.3. The number of hydrogen-bond acceptors (Lipinski definition) is 3. The highest BCUT2D eigenvalue weighted by molar-refractivity contribution is 5.97. The highest BCUT2D eigenvalue weighted by Gasteiger charge is 2.07. The molecule has 78 valence electrons. The van der Waals surface area contributed by atoms with Crippen LogP contribution in [0.25, 0.3) is 10.9 Å². The van der Waals surface area contributed by atoms with Gasteiger partial charge in [0.1, 0.15) is 5.82 Å². The summed E-state index contributed by atoms with van der Waals surface area (Å²) in [6.07, 6.45) is 1.53. The van der Waals surface area contributed by atoms with Crippen LogP contribution >= 0.6 is 0 Å². The molecule has 0 fully saturated rings. The van der Waals surface area contributed by atoms with Crippen molar-refractivity contribution in [2.45, 2.75) is 6.92 Å². The molecule has 0 bridgehead atoms. The number of nitrogens with zero attached hydrogens (tertiary/aromatic N) is 1. The fourth-order valence-electron chi connectivity index (χ4n) is 1.62. The lowest BCUT2D eigenvalue weighted by molar-refractivity contribution is 0.620. The van der Waals surface area contributed by atoms with Crippen LogP contribution < -0.4 is 11.1 Å². The van der Waals surface area contributed by atoms with Gasteiger partial charge in [0.15, 0.2) is 0 Å². The van der Waals surface area contributed by atoms with Gasteiger partial charge >= 0.3 is 0 Å². The van der Waals surface area contributed by atoms with Crippen LogP contribution in [0.2, 0.25) is 0 Å². The Bertz CT molecular complexity index is 523. The summed E-state index contributed by atoms with van der Waals surface area (Å²) in [6.45, 7) is 1.72. The Labute approximate surface area is 87.1 Å². The van der Waals surface area contributed by atoms with E-state index in [1.54, 1.807) is 20.0 Å². The van der Waals surface area contributed by atoms with E-state index in [9.17, 15) is 4.39 Å². The second kappa shape index (κ2) is 3.38. The second-order valence-corrected chi connectivity index (χ2v) is 3.46. The van der Waals surface area contributed by atoms with E-state index in [0.29, 0.717) is 16.8 Å². The predicted octanol–water partition coefficient (Wildman–Crippen LogP) is 2.31. The van der Waals surface area contributed by atoms with Gasteiger partial charge in [0.25, 0.3) is 0 Å². The zero-order chi connectivity index (χ0) is 11.0. The average molecular weight is 205 g/mol. The third-order valence-electron chi connectivity index (χ3n) is 2.43. The summed E-state index contributed by atoms with van der Waals surface area (Å²) in [5, 5.41) is 3.84. The van der Waals surface area contributed by atoms with Gasteiger partial charge in [-0.3, -0.25) is 4.98 Å². The highest BCUT2D eigenvalue weighted by atomic mass is 19.1. The SMILES string of the molecule is CNc1c(N)cnc2cc(F)c(C)cc12. The molecule has 3 nitrogen and oxygen atoms in total. The Balaban J connectivity index is 2.86. The lowest BCUT2D eigenvalue weighted by atomic mass is 10.1. The topological polar surface area (TPSA) is 50.9 Å². The standard InChI is InChI=1S/C11H12FN3/c1-6-3-7-10(4-8(6)12)15-5-9(13)11(7)14-2/h3-5H,13H2,1-2H3,(H,14,15). The molecule has 2 rings (SSSR count). The molecule has 0 spiro atoms. The van der Waals surface area contributed by atoms with Gasteiger partial charge in [0, 0.05) is 18.5 Å². The van der Waals surface area contributed by atoms with Crippen LogP contribution in [-0.2, 0) is 0 Å². The van der Waals surface area contributed by atoms with Gasteiger partial charge in [-0.05, 0) is 18.6 Å². The molecule has 1 aromatic carbocycles. The molecular weight excluding hydrogens is 193 g/mol. The van der Waals surface area contributed by atoms with Gasteiger partial charge in [-0.1, -0.05) is 0 Å². The number of halogens is 1. The number of aromatic nitrogens is 1. The van der Waals surface area contributed by atoms with Crippen LogP contribution in [0.5, 0.6) is 0 Å². The molecule has 0 unspecified atom stereocenters. The maximum Gasteiger partial charge on any atom is 0.128 e. The number of aryl methyl sites for hydroxylation is 1. The third-order valence-corrected chi connectivity index (χ3v) is 2.43. The number of pyridine rings is 1. The number of benzene rings is 1. The number of anilines is 2. The summed E-state index contributed by atoms with van der Waals surface area (Å²) in [5.41, 5.74) is 8.32. The van der Waals surface area contributed by atoms with E-state index in [0.717, 1.165) is 11.1 Å². The van der Waals surface area contributed by atoms with Crippen molar-refractivity contribution in [1.82, 2.24) is 4.98 Å². The molecule has 4 heteroatoms. The molecule has 0 aliphatic rings. The molecule has 2 aromatic rings. The van der Waals surface area contributed by atoms with E-state index in [2.05, 4.69) is 10.3 Å². The third kappa shape index (κ3) is 1.48. The molecule has 0 saturated carbocycles. The monoisotopic (exact) mass is 205 g/mol. The van der Waals surface area contributed by atoms with E-state index >= 15 is 0 Å². The largest absolute Gasteiger partial charge is 0.396 e. The number of nitrogen functional groups attached to an aromatic ring is 1. The van der Waals surface area contributed by atoms with Crippen LogP contribution in [-0.4, -0.2) is 12.0 Å². The van der Waals surface area contributed by atoms with Gasteiger partial charge in [0.2, 0.25) is 0 Å². The molecular formula is C11H12FN3. The average Bonchev–Trinajstić information content (AvgIpc) is 2.21. The first kappa shape index (κ1) is 9.71. The van der Waals surface area contributed by atoms with Crippen molar-refractivity contribution in [2.75, 3.05) is 18.1 Å². The molecule has 3 N–H and O–H groups in total. The maximum absolute atomic E-state index is 13.3. The first-order chi connectivity index (χ1) is 7.13. The van der Waals surface area contributed by atoms with Crippen LogP contribution in [0.1, 0.15) is 5.56 Å². The first-order valence-electron chi connectivity index (χ1n) is 4.65. The van der Waals surface area contributed by atoms with E-state index < -0.39 is 0 Å². The van der Waals surface area contributed by atoms with Crippen LogP contribution in [0, 0.1) is 12.7 Å². The fourth-order valence-corrected chi connectivity index (χ4v) is 1.62. The molecule has 0 atom stereocenters. The Hall–Kier alpha value is -1.84. The fraction of sp³-hybridized carbons (Fsp3) is 0.182. The summed E-state index contributed by atoms with van der Waals surface area (Å²) in [4.78, 5) is 4.09. The van der Waals surface area contributed by atoms with Gasteiger partial charge in [-0.15, -0.1) is 0 Å². The molecule has 0 aliphatic heterocycles. The lowest BCUT2D eigenvalue weighted by Crippen LogP contribution is -1.99. The maximum atomic E-state index is 13.3. The van der Waals surface area contributed by atoms with Gasteiger partial charge in [0.05, 0.1) is 23.1 Å². The minimum atomic E-state index is -0.248. The smallest absolute Gasteiger partial charge is 0.128 e. The van der Waals surface area contributed by atoms with Crippen molar-refractivity contribution in [3.05, 3.63) is 29.7 Å². The molecule has 15 heavy (non-hydrogen) atoms. The van der Waals surface area contributed by atoms with Gasteiger partial charge < -0.3 is 11.1 Å². The number of nitrogens with one attached hydrogen (secondary N) is 1. The van der Waals surface area contributed by atoms with Crippen LogP contribution in [0.15, 0.2) is 18.3 Å². The quantitative estimate of drug-likeness (QED) is 0.751. The summed E-state index contributed by atoms with van der Waals surface area (Å²) in [5.74, 6) is -0.248. The predicted molar refractivity (Wildman–Crippen MR) is 60.4 cm³/mol. The van der Waals surface area contributed by atoms with Crippen molar-refractivity contribution in [1.29, 1.82) is 0 Å². The number of rotatable bonds is 1. The molecule has 0 saturated heterocycles. The second-order valence-electron chi connectivity index (χ2n) is 3.46. The Morgan fingerprint density at radius 1 is 1.40 bits per heavy atom. The molecule has 0 aliphatic carbocycles. The van der Waals surface area contributed by atoms with E-state index in [-0.39, 0.29) is 5.82 Å². The minimum Gasteiger partial charge on any atom is -0.396 e. The van der Waals surface area contributed by atoms with E-state index in [4.69, 9.17) is 5.73 Å². The van der Waals surface area contributed by atoms with Crippen molar-refractivity contribution in [2.24, 2.45) is 0 Å². The number of hydrogen-bond donors (Lipinski definition) is 2. The van der Waals surface area contributed by atoms with E-state index in [1.165, 1.54) is 12.3 Å². The number of fused-ring (bicyclic) bond motifs is 1. The summed E-state index contributed by atoms with van der Waals surface area (Å²) >= 11 is 0. The van der Waals surface area contributed by atoms with Crippen molar-refractivity contribution in [3.8, 4) is 0 Å². The normalized spacial score (nSPS) is 10.6. The zero-order valence-electron chi connectivity index (χ0n) is 8.63. The van der Waals surface area contributed by atoms with E-state index in [1.807, 2.05) is 0 Å². The Kier molecular flexibility index (Phi) is 2.19. The van der Waals surface area contributed by atoms with Crippen molar-refractivity contribution in [3.63, 3.8) is 0 Å². The first-order valence-corrected chi connectivity index (χ1v) is 4.65. The summed E-state index contributed by atoms with van der Waals surface area (Å²) in [6, 6.07) is 3.17. The van der Waals surface area contributed by atoms with Crippen LogP contribution in [0.3, 0.4) is 0 Å². The van der Waals surface area contributed by atoms with Gasteiger partial charge in [-0.25, -0.2) is 4.39 Å². The Morgan fingerprint density at radius 3 is 2.80 bits per heavy atom. The Morgan fingerprint density at radius 2 is 2.13 bits per heavy atom. The number of nitrogens with two attached hydrogens (primary N) is 1. The molecule has 0 amide bonds. The summed E-state index contributed by atoms with van der Waals surface area (Å²) in [7, 11) is 1.78. The van der Waals surface area contributed by atoms with Crippen molar-refractivity contribution < 1.29 is 4.39 Å². The molecule has 1 aromatic heterocycles. The lowest BCUT2D eigenvalue weighted by Gasteiger charge is -2.09. The molecule has 0 radical (unpaired) electrons.